The molecule has 0 atom stereocenters. The monoisotopic (exact) mass is 318 g/mol. The van der Waals surface area contributed by atoms with Gasteiger partial charge in [-0.05, 0) is 31.9 Å². The van der Waals surface area contributed by atoms with Crippen LogP contribution in [-0.2, 0) is 10.9 Å². The maximum atomic E-state index is 12.7. The molecule has 0 aliphatic carbocycles. The number of nitrogens with zero attached hydrogens (tertiary/aromatic N) is 2. The topological polar surface area (TPSA) is 55.6 Å². The van der Waals surface area contributed by atoms with Crippen LogP contribution in [0.2, 0.25) is 0 Å². The molecule has 122 valence electrons. The van der Waals surface area contributed by atoms with E-state index in [1.54, 1.807) is 4.90 Å². The van der Waals surface area contributed by atoms with Crippen molar-refractivity contribution in [1.82, 2.24) is 0 Å². The molecule has 5 nitrogen and oxygen atoms in total. The Hall–Kier alpha value is -1.83. The third-order valence-electron chi connectivity index (χ3n) is 3.68. The van der Waals surface area contributed by atoms with E-state index >= 15 is 0 Å². The lowest BCUT2D eigenvalue weighted by Crippen LogP contribution is -2.37. The number of nitro benzene ring substituents is 1. The van der Waals surface area contributed by atoms with Gasteiger partial charge in [0, 0.05) is 25.8 Å². The van der Waals surface area contributed by atoms with Crippen LogP contribution in [0.3, 0.4) is 0 Å². The molecule has 0 aromatic heterocycles. The van der Waals surface area contributed by atoms with Crippen molar-refractivity contribution >= 4 is 11.4 Å². The van der Waals surface area contributed by atoms with E-state index in [0.29, 0.717) is 38.6 Å². The number of rotatable bonds is 4. The number of nitro groups is 1. The maximum Gasteiger partial charge on any atom is 0.416 e. The Morgan fingerprint density at radius 1 is 1.36 bits per heavy atom. The summed E-state index contributed by atoms with van der Waals surface area (Å²) in [5, 5.41) is 11.1. The van der Waals surface area contributed by atoms with Crippen molar-refractivity contribution in [2.24, 2.45) is 0 Å². The highest BCUT2D eigenvalue weighted by atomic mass is 19.4. The van der Waals surface area contributed by atoms with Crippen LogP contribution in [0, 0.1) is 10.1 Å². The van der Waals surface area contributed by atoms with Gasteiger partial charge < -0.3 is 9.64 Å². The highest BCUT2D eigenvalue weighted by Gasteiger charge is 2.34. The first-order valence-corrected chi connectivity index (χ1v) is 7.05. The lowest BCUT2D eigenvalue weighted by atomic mass is 10.1. The Morgan fingerprint density at radius 2 is 2.00 bits per heavy atom. The second-order valence-electron chi connectivity index (χ2n) is 5.10. The fourth-order valence-electron chi connectivity index (χ4n) is 2.61. The minimum Gasteiger partial charge on any atom is -0.378 e. The summed E-state index contributed by atoms with van der Waals surface area (Å²) in [6.07, 6.45) is -3.08. The maximum absolute atomic E-state index is 12.7. The molecule has 8 heteroatoms. The van der Waals surface area contributed by atoms with Gasteiger partial charge in [0.05, 0.1) is 16.6 Å². The summed E-state index contributed by atoms with van der Waals surface area (Å²) < 4.78 is 43.6. The number of benzene rings is 1. The van der Waals surface area contributed by atoms with Crippen molar-refractivity contribution in [3.63, 3.8) is 0 Å². The molecule has 1 fully saturated rings. The average molecular weight is 318 g/mol. The predicted octanol–water partition coefficient (Wildman–Crippen LogP) is 3.62. The van der Waals surface area contributed by atoms with Gasteiger partial charge in [-0.15, -0.1) is 0 Å². The van der Waals surface area contributed by atoms with E-state index in [9.17, 15) is 23.3 Å². The molecule has 0 saturated carbocycles. The Labute approximate surface area is 125 Å². The smallest absolute Gasteiger partial charge is 0.378 e. The highest BCUT2D eigenvalue weighted by Crippen LogP contribution is 2.37. The third-order valence-corrected chi connectivity index (χ3v) is 3.68. The van der Waals surface area contributed by atoms with Crippen molar-refractivity contribution in [3.05, 3.63) is 33.9 Å². The molecule has 0 amide bonds. The lowest BCUT2D eigenvalue weighted by molar-refractivity contribution is -0.384. The Bertz CT molecular complexity index is 541. The Morgan fingerprint density at radius 3 is 2.50 bits per heavy atom. The Kier molecular flexibility index (Phi) is 4.90. The quantitative estimate of drug-likeness (QED) is 0.628. The summed E-state index contributed by atoms with van der Waals surface area (Å²) in [5.74, 6) is 0. The van der Waals surface area contributed by atoms with Gasteiger partial charge in [-0.3, -0.25) is 10.1 Å². The van der Waals surface area contributed by atoms with Crippen LogP contribution in [-0.4, -0.2) is 30.7 Å². The second-order valence-corrected chi connectivity index (χ2v) is 5.10. The molecule has 1 aliphatic heterocycles. The van der Waals surface area contributed by atoms with Gasteiger partial charge in [0.2, 0.25) is 0 Å². The molecule has 0 radical (unpaired) electrons. The number of hydrogen-bond donors (Lipinski definition) is 0. The molecule has 2 rings (SSSR count). The number of anilines is 1. The third kappa shape index (κ3) is 3.68. The molecule has 22 heavy (non-hydrogen) atoms. The molecule has 1 saturated heterocycles. The molecule has 0 spiro atoms. The van der Waals surface area contributed by atoms with Crippen molar-refractivity contribution in [3.8, 4) is 0 Å². The summed E-state index contributed by atoms with van der Waals surface area (Å²) in [7, 11) is 0. The van der Waals surface area contributed by atoms with E-state index in [1.165, 1.54) is 6.07 Å². The molecular formula is C14H17F3N2O3. The standard InChI is InChI=1S/C14H17F3N2O3/c1-2-22-11-5-7-18(8-6-11)12-4-3-10(14(15,16)17)9-13(12)19(20)21/h3-4,9,11H,2,5-8H2,1H3. The largest absolute Gasteiger partial charge is 0.416 e. The minimum atomic E-state index is -4.59. The first kappa shape index (κ1) is 16.5. The highest BCUT2D eigenvalue weighted by molar-refractivity contribution is 5.64. The summed E-state index contributed by atoms with van der Waals surface area (Å²) in [4.78, 5) is 12.1. The minimum absolute atomic E-state index is 0.106. The Balaban J connectivity index is 2.23. The SMILES string of the molecule is CCOC1CCN(c2ccc(C(F)(F)F)cc2[N+](=O)[O-])CC1. The summed E-state index contributed by atoms with van der Waals surface area (Å²) in [5.41, 5.74) is -1.29. The van der Waals surface area contributed by atoms with Crippen molar-refractivity contribution < 1.29 is 22.8 Å². The second kappa shape index (κ2) is 6.51. The van der Waals surface area contributed by atoms with Crippen LogP contribution in [0.25, 0.3) is 0 Å². The normalized spacial score (nSPS) is 16.8. The van der Waals surface area contributed by atoms with E-state index in [2.05, 4.69) is 0 Å². The molecular weight excluding hydrogens is 301 g/mol. The van der Waals surface area contributed by atoms with Crippen molar-refractivity contribution in [1.29, 1.82) is 0 Å². The molecule has 0 bridgehead atoms. The first-order chi connectivity index (χ1) is 10.3. The van der Waals surface area contributed by atoms with Crippen LogP contribution in [0.5, 0.6) is 0 Å². The van der Waals surface area contributed by atoms with Crippen LogP contribution in [0.15, 0.2) is 18.2 Å². The number of hydrogen-bond acceptors (Lipinski definition) is 4. The molecule has 1 aliphatic rings. The number of alkyl halides is 3. The molecule has 0 unspecified atom stereocenters. The van der Waals surface area contributed by atoms with E-state index in [-0.39, 0.29) is 11.8 Å². The predicted molar refractivity (Wildman–Crippen MR) is 75.0 cm³/mol. The molecule has 1 aromatic rings. The van der Waals surface area contributed by atoms with Gasteiger partial charge in [0.1, 0.15) is 5.69 Å². The van der Waals surface area contributed by atoms with Crippen LogP contribution in [0.1, 0.15) is 25.3 Å². The van der Waals surface area contributed by atoms with Crippen LogP contribution in [0.4, 0.5) is 24.5 Å². The number of ether oxygens (including phenoxy) is 1. The zero-order chi connectivity index (χ0) is 16.3. The molecule has 1 heterocycles. The van der Waals surface area contributed by atoms with Gasteiger partial charge in [0.15, 0.2) is 0 Å². The fourth-order valence-corrected chi connectivity index (χ4v) is 2.61. The van der Waals surface area contributed by atoms with Gasteiger partial charge in [-0.25, -0.2) is 0 Å². The van der Waals surface area contributed by atoms with Gasteiger partial charge >= 0.3 is 6.18 Å². The number of piperidine rings is 1. The van der Waals surface area contributed by atoms with Gasteiger partial charge in [0.25, 0.3) is 5.69 Å². The summed E-state index contributed by atoms with van der Waals surface area (Å²) >= 11 is 0. The average Bonchev–Trinajstić information content (AvgIpc) is 2.47. The van der Waals surface area contributed by atoms with Crippen molar-refractivity contribution in [2.45, 2.75) is 32.0 Å². The van der Waals surface area contributed by atoms with E-state index in [0.717, 1.165) is 6.07 Å². The summed E-state index contributed by atoms with van der Waals surface area (Å²) in [6, 6.07) is 2.67. The van der Waals surface area contributed by atoms with Gasteiger partial charge in [-0.2, -0.15) is 13.2 Å². The van der Waals surface area contributed by atoms with Gasteiger partial charge in [-0.1, -0.05) is 0 Å². The first-order valence-electron chi connectivity index (χ1n) is 7.05. The zero-order valence-corrected chi connectivity index (χ0v) is 12.1. The van der Waals surface area contributed by atoms with E-state index in [1.807, 2.05) is 6.92 Å². The van der Waals surface area contributed by atoms with E-state index in [4.69, 9.17) is 4.74 Å². The zero-order valence-electron chi connectivity index (χ0n) is 12.1. The lowest BCUT2D eigenvalue weighted by Gasteiger charge is -2.33. The number of halogens is 3. The molecule has 1 aromatic carbocycles. The van der Waals surface area contributed by atoms with Crippen LogP contribution < -0.4 is 4.90 Å². The van der Waals surface area contributed by atoms with E-state index < -0.39 is 22.4 Å². The fraction of sp³-hybridized carbons (Fsp3) is 0.571. The van der Waals surface area contributed by atoms with Crippen LogP contribution >= 0.6 is 0 Å². The summed E-state index contributed by atoms with van der Waals surface area (Å²) in [6.45, 7) is 3.55. The molecule has 0 N–H and O–H groups in total. The van der Waals surface area contributed by atoms with Crippen molar-refractivity contribution in [2.75, 3.05) is 24.6 Å².